The van der Waals surface area contributed by atoms with E-state index < -0.39 is 97.7 Å². The summed E-state index contributed by atoms with van der Waals surface area (Å²) >= 11 is 0. The maximum Gasteiger partial charge on any atom is 0.470 e. The van der Waals surface area contributed by atoms with Gasteiger partial charge in [-0.2, -0.15) is 0 Å². The molecule has 9 atom stereocenters. The van der Waals surface area contributed by atoms with Crippen LogP contribution in [-0.2, 0) is 41.5 Å². The van der Waals surface area contributed by atoms with Crippen LogP contribution in [0.3, 0.4) is 0 Å². The van der Waals surface area contributed by atoms with Crippen molar-refractivity contribution in [3.05, 3.63) is 36.3 Å². The normalized spacial score (nSPS) is 33.0. The third-order valence-corrected chi connectivity index (χ3v) is 7.87. The molecule has 0 aliphatic carbocycles. The number of fused-ring (bicyclic) bond motifs is 1. The zero-order valence-electron chi connectivity index (χ0n) is 20.9. The standard InChI is InChI=1S/C19H27FNO18P3/c20-9-2-1-3-10-8(9)4-5-21(10)18-17(39-42(31,32)33)14(11(6-22)34-18)36-19-13(24)16(38-41(28,29)30)15(12(7-23)35-19)37-40(25,26)27/h1-5,11-19,22-24H,6-7H2,(H2,25,26,27)(H2,28,29,30)(H2,31,32,33)/t11-,12-,13-,14-,15-,16-,17-,18-,19-/m1/s1. The fourth-order valence-electron chi connectivity index (χ4n) is 4.76. The summed E-state index contributed by atoms with van der Waals surface area (Å²) in [4.78, 5) is 56.3. The number of hydrogen-bond donors (Lipinski definition) is 9. The topological polar surface area (TPSA) is 294 Å². The molecule has 0 bridgehead atoms. The Morgan fingerprint density at radius 1 is 0.786 bits per heavy atom. The first-order valence-corrected chi connectivity index (χ1v) is 16.3. The Bertz CT molecular complexity index is 1390. The van der Waals surface area contributed by atoms with Crippen LogP contribution in [0.25, 0.3) is 10.9 Å². The van der Waals surface area contributed by atoms with Crippen LogP contribution in [0.1, 0.15) is 6.23 Å². The SMILES string of the molecule is O=P(O)(O)O[C@@H]1[C@@H](O)[C@@H](O[C@H]2[C@@H](OP(=O)(O)O)[C@H](n3ccc4c(F)cccc43)O[C@@H]2CO)O[C@H](CO)[C@H]1OP(=O)(O)O. The van der Waals surface area contributed by atoms with Crippen LogP contribution in [-0.4, -0.2) is 111 Å². The lowest BCUT2D eigenvalue weighted by Crippen LogP contribution is -2.61. The van der Waals surface area contributed by atoms with Gasteiger partial charge in [-0.05, 0) is 18.2 Å². The maximum absolute atomic E-state index is 14.3. The summed E-state index contributed by atoms with van der Waals surface area (Å²) in [7, 11) is -16.3. The molecule has 1 aromatic carbocycles. The van der Waals surface area contributed by atoms with E-state index in [9.17, 15) is 62.8 Å². The van der Waals surface area contributed by atoms with Crippen molar-refractivity contribution in [3.63, 3.8) is 0 Å². The van der Waals surface area contributed by atoms with Crippen LogP contribution in [0.5, 0.6) is 0 Å². The molecule has 0 radical (unpaired) electrons. The van der Waals surface area contributed by atoms with Gasteiger partial charge in [0.05, 0.1) is 18.7 Å². The number of ether oxygens (including phenoxy) is 3. The van der Waals surface area contributed by atoms with E-state index in [4.69, 9.17) is 18.7 Å². The monoisotopic (exact) mass is 669 g/mol. The van der Waals surface area contributed by atoms with Gasteiger partial charge in [-0.25, -0.2) is 18.1 Å². The number of benzene rings is 1. The molecule has 2 aromatic rings. The molecule has 23 heteroatoms. The number of phosphoric ester groups is 3. The summed E-state index contributed by atoms with van der Waals surface area (Å²) in [5.74, 6) is -0.639. The Morgan fingerprint density at radius 2 is 1.33 bits per heavy atom. The third-order valence-electron chi connectivity index (χ3n) is 6.31. The van der Waals surface area contributed by atoms with E-state index in [0.717, 1.165) is 6.07 Å². The quantitative estimate of drug-likeness (QED) is 0.124. The van der Waals surface area contributed by atoms with E-state index in [1.807, 2.05) is 0 Å². The van der Waals surface area contributed by atoms with E-state index in [0.29, 0.717) is 0 Å². The van der Waals surface area contributed by atoms with E-state index in [2.05, 4.69) is 9.05 Å². The fraction of sp³-hybridized carbons (Fsp3) is 0.579. The fourth-order valence-corrected chi connectivity index (χ4v) is 6.44. The lowest BCUT2D eigenvalue weighted by Gasteiger charge is -2.44. The minimum atomic E-state index is -5.51. The summed E-state index contributed by atoms with van der Waals surface area (Å²) in [6.45, 7) is -2.02. The molecule has 2 aliphatic heterocycles. The van der Waals surface area contributed by atoms with Gasteiger partial charge in [0.15, 0.2) is 12.5 Å². The number of aromatic nitrogens is 1. The summed E-state index contributed by atoms with van der Waals surface area (Å²) < 4.78 is 81.1. The van der Waals surface area contributed by atoms with Gasteiger partial charge in [0, 0.05) is 11.6 Å². The molecule has 2 fully saturated rings. The van der Waals surface area contributed by atoms with Crippen molar-refractivity contribution in [3.8, 4) is 0 Å². The first-order chi connectivity index (χ1) is 19.4. The molecule has 0 unspecified atom stereocenters. The van der Waals surface area contributed by atoms with Crippen molar-refractivity contribution in [1.29, 1.82) is 0 Å². The molecule has 3 heterocycles. The maximum atomic E-state index is 14.3. The van der Waals surface area contributed by atoms with Gasteiger partial charge in [-0.3, -0.25) is 13.6 Å². The Hall–Kier alpha value is -1.22. The van der Waals surface area contributed by atoms with Crippen LogP contribution in [0.4, 0.5) is 4.39 Å². The lowest BCUT2D eigenvalue weighted by atomic mass is 9.99. The lowest BCUT2D eigenvalue weighted by molar-refractivity contribution is -0.313. The molecule has 9 N–H and O–H groups in total. The average molecular weight is 669 g/mol. The second-order valence-corrected chi connectivity index (χ2v) is 12.7. The minimum Gasteiger partial charge on any atom is -0.394 e. The number of rotatable bonds is 11. The van der Waals surface area contributed by atoms with Crippen LogP contribution in [0, 0.1) is 5.82 Å². The molecule has 4 rings (SSSR count). The summed E-state index contributed by atoms with van der Waals surface area (Å²) in [6, 6.07) is 5.28. The molecule has 0 amide bonds. The Balaban J connectivity index is 1.71. The molecule has 19 nitrogen and oxygen atoms in total. The third kappa shape index (κ3) is 7.70. The molecule has 2 saturated heterocycles. The van der Waals surface area contributed by atoms with E-state index in [1.54, 1.807) is 0 Å². The van der Waals surface area contributed by atoms with E-state index in [1.165, 1.54) is 29.0 Å². The molecule has 238 valence electrons. The predicted molar refractivity (Wildman–Crippen MR) is 130 cm³/mol. The van der Waals surface area contributed by atoms with E-state index >= 15 is 0 Å². The Morgan fingerprint density at radius 3 is 1.90 bits per heavy atom. The van der Waals surface area contributed by atoms with Crippen LogP contribution in [0.2, 0.25) is 0 Å². The molecular formula is C19H27FNO18P3. The number of aliphatic hydroxyl groups is 3. The first kappa shape index (κ1) is 33.7. The predicted octanol–water partition coefficient (Wildman–Crippen LogP) is -1.43. The minimum absolute atomic E-state index is 0.0892. The molecule has 1 aromatic heterocycles. The molecule has 0 saturated carbocycles. The number of halogens is 1. The van der Waals surface area contributed by atoms with Gasteiger partial charge < -0.3 is 63.5 Å². The largest absolute Gasteiger partial charge is 0.470 e. The molecular weight excluding hydrogens is 642 g/mol. The van der Waals surface area contributed by atoms with Crippen LogP contribution in [0.15, 0.2) is 30.5 Å². The van der Waals surface area contributed by atoms with Crippen molar-refractivity contribution in [2.75, 3.05) is 13.2 Å². The van der Waals surface area contributed by atoms with Crippen molar-refractivity contribution in [1.82, 2.24) is 4.57 Å². The van der Waals surface area contributed by atoms with Gasteiger partial charge in [0.25, 0.3) is 0 Å². The van der Waals surface area contributed by atoms with Gasteiger partial charge >= 0.3 is 23.5 Å². The highest BCUT2D eigenvalue weighted by Crippen LogP contribution is 2.49. The Labute approximate surface area is 234 Å². The molecule has 42 heavy (non-hydrogen) atoms. The van der Waals surface area contributed by atoms with Gasteiger partial charge in [-0.15, -0.1) is 0 Å². The average Bonchev–Trinajstić information content (AvgIpc) is 3.42. The highest BCUT2D eigenvalue weighted by molar-refractivity contribution is 7.46. The summed E-state index contributed by atoms with van der Waals surface area (Å²) in [5, 5.41) is 30.7. The zero-order chi connectivity index (χ0) is 31.2. The zero-order valence-corrected chi connectivity index (χ0v) is 23.5. The van der Waals surface area contributed by atoms with Crippen molar-refractivity contribution >= 4 is 34.4 Å². The highest BCUT2D eigenvalue weighted by Gasteiger charge is 2.56. The number of phosphoric acid groups is 3. The first-order valence-electron chi connectivity index (χ1n) is 11.8. The van der Waals surface area contributed by atoms with Crippen LogP contribution < -0.4 is 0 Å². The van der Waals surface area contributed by atoms with Crippen LogP contribution >= 0.6 is 23.5 Å². The Kier molecular flexibility index (Phi) is 10.1. The second kappa shape index (κ2) is 12.6. The van der Waals surface area contributed by atoms with Crippen molar-refractivity contribution in [2.45, 2.75) is 55.2 Å². The van der Waals surface area contributed by atoms with Crippen molar-refractivity contribution < 1.29 is 90.5 Å². The molecule has 0 spiro atoms. The summed E-state index contributed by atoms with van der Waals surface area (Å²) in [5.41, 5.74) is 0.179. The second-order valence-electron chi connectivity index (χ2n) is 9.14. The highest BCUT2D eigenvalue weighted by atomic mass is 31.2. The molecule has 2 aliphatic rings. The van der Waals surface area contributed by atoms with E-state index in [-0.39, 0.29) is 10.9 Å². The smallest absolute Gasteiger partial charge is 0.394 e. The van der Waals surface area contributed by atoms with Gasteiger partial charge in [0.2, 0.25) is 0 Å². The summed E-state index contributed by atoms with van der Waals surface area (Å²) in [6.07, 6.45) is -16.2. The number of hydrogen-bond acceptors (Lipinski definition) is 12. The van der Waals surface area contributed by atoms with Gasteiger partial charge in [0.1, 0.15) is 48.5 Å². The van der Waals surface area contributed by atoms with Gasteiger partial charge in [-0.1, -0.05) is 6.07 Å². The van der Waals surface area contributed by atoms with Crippen molar-refractivity contribution in [2.24, 2.45) is 0 Å². The number of nitrogens with zero attached hydrogens (tertiary/aromatic N) is 1. The number of aliphatic hydroxyl groups excluding tert-OH is 3.